The first kappa shape index (κ1) is 13.2. The fourth-order valence-corrected chi connectivity index (χ4v) is 2.90. The molecule has 0 heterocycles. The van der Waals surface area contributed by atoms with E-state index in [1.807, 2.05) is 13.8 Å². The Bertz CT molecular complexity index is 427. The second-order valence-electron chi connectivity index (χ2n) is 4.34. The molecule has 90 valence electrons. The maximum atomic E-state index is 12.0. The number of hydrogen-bond acceptors (Lipinski definition) is 3. The molecule has 0 bridgehead atoms. The molecule has 0 atom stereocenters. The summed E-state index contributed by atoms with van der Waals surface area (Å²) in [6.45, 7) is 4.09. The van der Waals surface area contributed by atoms with Crippen LogP contribution in [0.1, 0.15) is 20.3 Å². The van der Waals surface area contributed by atoms with Gasteiger partial charge in [0, 0.05) is 5.54 Å². The van der Waals surface area contributed by atoms with Gasteiger partial charge in [-0.3, -0.25) is 0 Å². The van der Waals surface area contributed by atoms with Gasteiger partial charge in [0.25, 0.3) is 0 Å². The van der Waals surface area contributed by atoms with E-state index in [0.29, 0.717) is 13.0 Å². The highest BCUT2D eigenvalue weighted by molar-refractivity contribution is 7.89. The summed E-state index contributed by atoms with van der Waals surface area (Å²) >= 11 is 0. The van der Waals surface area contributed by atoms with Gasteiger partial charge >= 0.3 is 0 Å². The zero-order valence-corrected chi connectivity index (χ0v) is 10.4. The highest BCUT2D eigenvalue weighted by Crippen LogP contribution is 2.14. The summed E-state index contributed by atoms with van der Waals surface area (Å²) in [5, 5.41) is 0. The van der Waals surface area contributed by atoms with E-state index in [4.69, 9.17) is 5.73 Å². The van der Waals surface area contributed by atoms with Crippen molar-refractivity contribution in [2.45, 2.75) is 30.7 Å². The average molecular weight is 242 g/mol. The molecule has 0 spiro atoms. The Hall–Kier alpha value is -0.910. The van der Waals surface area contributed by atoms with Crippen molar-refractivity contribution in [1.29, 1.82) is 0 Å². The standard InChI is InChI=1S/C11H18N2O2S/c1-11(2,8-9-12)13-16(14,15)10-6-4-3-5-7-10/h3-7,13H,8-9,12H2,1-2H3. The fourth-order valence-electron chi connectivity index (χ4n) is 1.43. The minimum atomic E-state index is -3.45. The Kier molecular flexibility index (Phi) is 4.07. The van der Waals surface area contributed by atoms with Crippen LogP contribution < -0.4 is 10.5 Å². The van der Waals surface area contributed by atoms with E-state index in [-0.39, 0.29) is 4.90 Å². The largest absolute Gasteiger partial charge is 0.330 e. The number of hydrogen-bond donors (Lipinski definition) is 2. The van der Waals surface area contributed by atoms with Crippen LogP contribution in [-0.2, 0) is 10.0 Å². The van der Waals surface area contributed by atoms with Crippen LogP contribution >= 0.6 is 0 Å². The molecule has 4 nitrogen and oxygen atoms in total. The molecule has 0 fully saturated rings. The lowest BCUT2D eigenvalue weighted by atomic mass is 10.0. The SMILES string of the molecule is CC(C)(CCN)NS(=O)(=O)c1ccccc1. The first-order chi connectivity index (χ1) is 7.37. The van der Waals surface area contributed by atoms with Gasteiger partial charge in [0.2, 0.25) is 10.0 Å². The molecule has 0 aliphatic rings. The minimum Gasteiger partial charge on any atom is -0.330 e. The van der Waals surface area contributed by atoms with Gasteiger partial charge in [0.1, 0.15) is 0 Å². The van der Waals surface area contributed by atoms with Crippen LogP contribution in [0.5, 0.6) is 0 Å². The van der Waals surface area contributed by atoms with Crippen LogP contribution in [0.25, 0.3) is 0 Å². The molecule has 1 rings (SSSR count). The monoisotopic (exact) mass is 242 g/mol. The van der Waals surface area contributed by atoms with Crippen LogP contribution in [0, 0.1) is 0 Å². The van der Waals surface area contributed by atoms with Crippen molar-refractivity contribution >= 4 is 10.0 Å². The van der Waals surface area contributed by atoms with Crippen LogP contribution in [0.4, 0.5) is 0 Å². The zero-order chi connectivity index (χ0) is 12.2. The van der Waals surface area contributed by atoms with Gasteiger partial charge in [0.15, 0.2) is 0 Å². The molecule has 5 heteroatoms. The topological polar surface area (TPSA) is 72.2 Å². The second-order valence-corrected chi connectivity index (χ2v) is 6.02. The molecule has 1 aromatic carbocycles. The summed E-state index contributed by atoms with van der Waals surface area (Å²) in [7, 11) is -3.45. The molecule has 0 radical (unpaired) electrons. The number of sulfonamides is 1. The molecule has 0 amide bonds. The van der Waals surface area contributed by atoms with E-state index in [1.165, 1.54) is 0 Å². The van der Waals surface area contributed by atoms with Gasteiger partial charge in [-0.05, 0) is 38.9 Å². The zero-order valence-electron chi connectivity index (χ0n) is 9.60. The Morgan fingerprint density at radius 1 is 1.25 bits per heavy atom. The smallest absolute Gasteiger partial charge is 0.241 e. The molecule has 16 heavy (non-hydrogen) atoms. The van der Waals surface area contributed by atoms with Crippen LogP contribution in [-0.4, -0.2) is 20.5 Å². The predicted octanol–water partition coefficient (Wildman–Crippen LogP) is 1.09. The van der Waals surface area contributed by atoms with Crippen molar-refractivity contribution in [3.05, 3.63) is 30.3 Å². The molecule has 0 aliphatic heterocycles. The fraction of sp³-hybridized carbons (Fsp3) is 0.455. The van der Waals surface area contributed by atoms with E-state index in [9.17, 15) is 8.42 Å². The number of benzene rings is 1. The van der Waals surface area contributed by atoms with Crippen LogP contribution in [0.2, 0.25) is 0 Å². The normalized spacial score (nSPS) is 12.7. The van der Waals surface area contributed by atoms with Crippen molar-refractivity contribution in [3.63, 3.8) is 0 Å². The molecule has 0 unspecified atom stereocenters. The summed E-state index contributed by atoms with van der Waals surface area (Å²) in [5.74, 6) is 0. The molecule has 0 aromatic heterocycles. The van der Waals surface area contributed by atoms with Crippen LogP contribution in [0.3, 0.4) is 0 Å². The van der Waals surface area contributed by atoms with Crippen molar-refractivity contribution in [2.24, 2.45) is 5.73 Å². The predicted molar refractivity (Wildman–Crippen MR) is 64.5 cm³/mol. The van der Waals surface area contributed by atoms with E-state index in [1.54, 1.807) is 30.3 Å². The van der Waals surface area contributed by atoms with E-state index >= 15 is 0 Å². The minimum absolute atomic E-state index is 0.278. The highest BCUT2D eigenvalue weighted by atomic mass is 32.2. The summed E-state index contributed by atoms with van der Waals surface area (Å²) in [6.07, 6.45) is 0.596. The highest BCUT2D eigenvalue weighted by Gasteiger charge is 2.25. The number of nitrogens with one attached hydrogen (secondary N) is 1. The van der Waals surface area contributed by atoms with Gasteiger partial charge in [-0.2, -0.15) is 0 Å². The molecule has 0 saturated heterocycles. The summed E-state index contributed by atoms with van der Waals surface area (Å²) in [5.41, 5.74) is 4.91. The molecular formula is C11H18N2O2S. The first-order valence-corrected chi connectivity index (χ1v) is 6.65. The van der Waals surface area contributed by atoms with Crippen molar-refractivity contribution in [2.75, 3.05) is 6.54 Å². The summed E-state index contributed by atoms with van der Waals surface area (Å²) < 4.78 is 26.6. The van der Waals surface area contributed by atoms with E-state index in [2.05, 4.69) is 4.72 Å². The average Bonchev–Trinajstić information content (AvgIpc) is 2.17. The van der Waals surface area contributed by atoms with E-state index in [0.717, 1.165) is 0 Å². The van der Waals surface area contributed by atoms with Gasteiger partial charge in [0.05, 0.1) is 4.90 Å². The third kappa shape index (κ3) is 3.59. The number of rotatable bonds is 5. The quantitative estimate of drug-likeness (QED) is 0.812. The van der Waals surface area contributed by atoms with Gasteiger partial charge in [-0.25, -0.2) is 13.1 Å². The van der Waals surface area contributed by atoms with Crippen LogP contribution in [0.15, 0.2) is 35.2 Å². The Morgan fingerprint density at radius 3 is 2.31 bits per heavy atom. The summed E-state index contributed by atoms with van der Waals surface area (Å²) in [4.78, 5) is 0.278. The maximum Gasteiger partial charge on any atom is 0.241 e. The number of nitrogens with two attached hydrogens (primary N) is 1. The van der Waals surface area contributed by atoms with Gasteiger partial charge < -0.3 is 5.73 Å². The molecular weight excluding hydrogens is 224 g/mol. The van der Waals surface area contributed by atoms with Crippen molar-refractivity contribution < 1.29 is 8.42 Å². The lowest BCUT2D eigenvalue weighted by Crippen LogP contribution is -2.44. The second kappa shape index (κ2) is 4.95. The Morgan fingerprint density at radius 2 is 1.81 bits per heavy atom. The molecule has 0 saturated carbocycles. The first-order valence-electron chi connectivity index (χ1n) is 5.16. The van der Waals surface area contributed by atoms with Gasteiger partial charge in [-0.15, -0.1) is 0 Å². The Labute approximate surface area is 96.9 Å². The lowest BCUT2D eigenvalue weighted by molar-refractivity contribution is 0.428. The third-order valence-electron chi connectivity index (χ3n) is 2.23. The van der Waals surface area contributed by atoms with E-state index < -0.39 is 15.6 Å². The molecule has 1 aromatic rings. The lowest BCUT2D eigenvalue weighted by Gasteiger charge is -2.25. The van der Waals surface area contributed by atoms with Crippen molar-refractivity contribution in [3.8, 4) is 0 Å². The van der Waals surface area contributed by atoms with Gasteiger partial charge in [-0.1, -0.05) is 18.2 Å². The third-order valence-corrected chi connectivity index (χ3v) is 3.95. The Balaban J connectivity index is 2.89. The summed E-state index contributed by atoms with van der Waals surface area (Å²) in [6, 6.07) is 8.32. The molecule has 0 aliphatic carbocycles. The maximum absolute atomic E-state index is 12.0. The van der Waals surface area contributed by atoms with Crippen molar-refractivity contribution in [1.82, 2.24) is 4.72 Å². The molecule has 3 N–H and O–H groups in total.